The highest BCUT2D eigenvalue weighted by Crippen LogP contribution is 2.24. The van der Waals surface area contributed by atoms with Gasteiger partial charge in [-0.1, -0.05) is 6.07 Å². The Kier molecular flexibility index (Phi) is 7.40. The number of anilines is 3. The van der Waals surface area contributed by atoms with Crippen LogP contribution in [-0.4, -0.2) is 71.9 Å². The number of carbonyl (C=O) groups excluding carboxylic acids is 1. The van der Waals surface area contributed by atoms with Crippen molar-refractivity contribution in [3.8, 4) is 5.75 Å². The van der Waals surface area contributed by atoms with E-state index in [0.717, 1.165) is 42.4 Å². The van der Waals surface area contributed by atoms with Crippen LogP contribution in [0.4, 0.5) is 17.1 Å². The summed E-state index contributed by atoms with van der Waals surface area (Å²) < 4.78 is 31.2. The average Bonchev–Trinajstić information content (AvgIpc) is 2.73. The molecule has 0 aromatic heterocycles. The summed E-state index contributed by atoms with van der Waals surface area (Å²) in [6.45, 7) is 5.96. The first kappa shape index (κ1) is 22.9. The van der Waals surface area contributed by atoms with Gasteiger partial charge in [0.15, 0.2) is 0 Å². The van der Waals surface area contributed by atoms with Gasteiger partial charge in [0, 0.05) is 43.6 Å². The van der Waals surface area contributed by atoms with E-state index in [4.69, 9.17) is 4.74 Å². The minimum atomic E-state index is -3.66. The molecule has 1 fully saturated rings. The minimum absolute atomic E-state index is 0.325. The molecule has 0 bridgehead atoms. The summed E-state index contributed by atoms with van der Waals surface area (Å²) in [5, 5.41) is 2.79. The van der Waals surface area contributed by atoms with Crippen molar-refractivity contribution in [2.75, 3.05) is 67.2 Å². The molecule has 8 nitrogen and oxygen atoms in total. The number of hydrogen-bond donors (Lipinski definition) is 1. The van der Waals surface area contributed by atoms with Crippen LogP contribution in [0.25, 0.3) is 0 Å². The van der Waals surface area contributed by atoms with Crippen LogP contribution in [0, 0.1) is 0 Å². The molecule has 2 aromatic rings. The summed E-state index contributed by atoms with van der Waals surface area (Å²) >= 11 is 0. The Hall–Kier alpha value is -2.78. The first-order chi connectivity index (χ1) is 14.8. The lowest BCUT2D eigenvalue weighted by Gasteiger charge is -2.34. The molecule has 168 valence electrons. The Morgan fingerprint density at radius 1 is 1.10 bits per heavy atom. The first-order valence-corrected chi connectivity index (χ1v) is 12.1. The lowest BCUT2D eigenvalue weighted by Crippen LogP contribution is -2.44. The molecular formula is C22H30N4O4S. The van der Waals surface area contributed by atoms with Crippen LogP contribution in [0.5, 0.6) is 5.75 Å². The van der Waals surface area contributed by atoms with E-state index in [1.165, 1.54) is 0 Å². The number of likely N-dealkylation sites (N-methyl/N-ethyl adjacent to an activating group) is 1. The number of ether oxygens (including phenoxy) is 1. The lowest BCUT2D eigenvalue weighted by molar-refractivity contribution is -0.114. The zero-order valence-electron chi connectivity index (χ0n) is 18.2. The predicted molar refractivity (Wildman–Crippen MR) is 125 cm³/mol. The number of sulfonamides is 1. The highest BCUT2D eigenvalue weighted by molar-refractivity contribution is 7.92. The number of hydrogen-bond acceptors (Lipinski definition) is 6. The molecule has 2 aromatic carbocycles. The van der Waals surface area contributed by atoms with Crippen LogP contribution in [0.3, 0.4) is 0 Å². The summed E-state index contributed by atoms with van der Waals surface area (Å²) in [7, 11) is -1.54. The topological polar surface area (TPSA) is 82.2 Å². The van der Waals surface area contributed by atoms with Gasteiger partial charge < -0.3 is 19.9 Å². The van der Waals surface area contributed by atoms with Gasteiger partial charge in [-0.2, -0.15) is 0 Å². The number of carbonyl (C=O) groups is 1. The molecule has 1 amide bonds. The van der Waals surface area contributed by atoms with Gasteiger partial charge in [-0.3, -0.25) is 9.10 Å². The Bertz CT molecular complexity index is 987. The monoisotopic (exact) mass is 446 g/mol. The van der Waals surface area contributed by atoms with Crippen LogP contribution in [0.15, 0.2) is 48.5 Å². The number of amides is 1. The smallest absolute Gasteiger partial charge is 0.245 e. The molecule has 1 heterocycles. The van der Waals surface area contributed by atoms with Gasteiger partial charge in [-0.15, -0.1) is 0 Å². The Balaban J connectivity index is 1.66. The number of benzene rings is 2. The second-order valence-corrected chi connectivity index (χ2v) is 9.49. The SMILES string of the molecule is CCOc1cccc(N(CC(=O)Nc2ccc(N3CCN(C)CC3)cc2)S(C)(=O)=O)c1. The molecule has 1 aliphatic rings. The molecule has 1 N–H and O–H groups in total. The second kappa shape index (κ2) is 10.0. The molecule has 0 saturated carbocycles. The highest BCUT2D eigenvalue weighted by atomic mass is 32.2. The quantitative estimate of drug-likeness (QED) is 0.670. The summed E-state index contributed by atoms with van der Waals surface area (Å²) in [4.78, 5) is 17.2. The van der Waals surface area contributed by atoms with E-state index in [1.54, 1.807) is 24.3 Å². The normalized spacial score (nSPS) is 14.9. The van der Waals surface area contributed by atoms with Crippen LogP contribution in [0.2, 0.25) is 0 Å². The maximum absolute atomic E-state index is 12.6. The maximum atomic E-state index is 12.6. The summed E-state index contributed by atoms with van der Waals surface area (Å²) in [5.74, 6) is 0.133. The molecular weight excluding hydrogens is 416 g/mol. The standard InChI is InChI=1S/C22H30N4O4S/c1-4-30-21-7-5-6-20(16-21)26(31(3,28)29)17-22(27)23-18-8-10-19(11-9-18)25-14-12-24(2)13-15-25/h5-11,16H,4,12-15,17H2,1-3H3,(H,23,27). The number of piperazine rings is 1. The van der Waals surface area contributed by atoms with E-state index in [0.29, 0.717) is 23.7 Å². The van der Waals surface area contributed by atoms with E-state index < -0.39 is 15.9 Å². The molecule has 0 radical (unpaired) electrons. The summed E-state index contributed by atoms with van der Waals surface area (Å²) in [6.07, 6.45) is 1.08. The third-order valence-electron chi connectivity index (χ3n) is 5.12. The van der Waals surface area contributed by atoms with Crippen LogP contribution in [0.1, 0.15) is 6.92 Å². The van der Waals surface area contributed by atoms with Gasteiger partial charge in [0.05, 0.1) is 18.6 Å². The molecule has 31 heavy (non-hydrogen) atoms. The van der Waals surface area contributed by atoms with Gasteiger partial charge in [0.2, 0.25) is 15.9 Å². The number of nitrogens with zero attached hydrogens (tertiary/aromatic N) is 3. The molecule has 0 spiro atoms. The number of rotatable bonds is 8. The van der Waals surface area contributed by atoms with Crippen molar-refractivity contribution >= 4 is 33.0 Å². The third kappa shape index (κ3) is 6.35. The van der Waals surface area contributed by atoms with Crippen molar-refractivity contribution in [2.45, 2.75) is 6.92 Å². The van der Waals surface area contributed by atoms with Crippen molar-refractivity contribution < 1.29 is 17.9 Å². The van der Waals surface area contributed by atoms with Crippen molar-refractivity contribution in [2.24, 2.45) is 0 Å². The minimum Gasteiger partial charge on any atom is -0.494 e. The Morgan fingerprint density at radius 2 is 1.77 bits per heavy atom. The van der Waals surface area contributed by atoms with Gasteiger partial charge in [-0.05, 0) is 50.4 Å². The third-order valence-corrected chi connectivity index (χ3v) is 6.26. The Labute approximate surface area is 184 Å². The van der Waals surface area contributed by atoms with Crippen molar-refractivity contribution in [1.82, 2.24) is 4.90 Å². The molecule has 1 saturated heterocycles. The van der Waals surface area contributed by atoms with Crippen LogP contribution in [-0.2, 0) is 14.8 Å². The predicted octanol–water partition coefficient (Wildman–Crippen LogP) is 2.24. The highest BCUT2D eigenvalue weighted by Gasteiger charge is 2.21. The van der Waals surface area contributed by atoms with E-state index in [2.05, 4.69) is 22.2 Å². The fourth-order valence-electron chi connectivity index (χ4n) is 3.45. The summed E-state index contributed by atoms with van der Waals surface area (Å²) in [5.41, 5.74) is 2.12. The van der Waals surface area contributed by atoms with E-state index >= 15 is 0 Å². The van der Waals surface area contributed by atoms with Crippen molar-refractivity contribution in [3.63, 3.8) is 0 Å². The molecule has 9 heteroatoms. The van der Waals surface area contributed by atoms with E-state index in [1.807, 2.05) is 31.2 Å². The second-order valence-electron chi connectivity index (χ2n) is 7.59. The zero-order chi connectivity index (χ0) is 22.4. The van der Waals surface area contributed by atoms with Crippen molar-refractivity contribution in [1.29, 1.82) is 0 Å². The summed E-state index contributed by atoms with van der Waals surface area (Å²) in [6, 6.07) is 14.3. The van der Waals surface area contributed by atoms with Gasteiger partial charge in [0.25, 0.3) is 0 Å². The average molecular weight is 447 g/mol. The molecule has 0 aliphatic carbocycles. The maximum Gasteiger partial charge on any atom is 0.245 e. The van der Waals surface area contributed by atoms with Crippen molar-refractivity contribution in [3.05, 3.63) is 48.5 Å². The molecule has 0 atom stereocenters. The fourth-order valence-corrected chi connectivity index (χ4v) is 4.29. The van der Waals surface area contributed by atoms with Gasteiger partial charge in [0.1, 0.15) is 12.3 Å². The van der Waals surface area contributed by atoms with Gasteiger partial charge >= 0.3 is 0 Å². The van der Waals surface area contributed by atoms with E-state index in [9.17, 15) is 13.2 Å². The largest absolute Gasteiger partial charge is 0.494 e. The molecule has 3 rings (SSSR count). The molecule has 0 unspecified atom stereocenters. The molecule has 1 aliphatic heterocycles. The van der Waals surface area contributed by atoms with Crippen LogP contribution < -0.4 is 19.3 Å². The zero-order valence-corrected chi connectivity index (χ0v) is 19.1. The van der Waals surface area contributed by atoms with Crippen LogP contribution >= 0.6 is 0 Å². The van der Waals surface area contributed by atoms with E-state index in [-0.39, 0.29) is 6.54 Å². The Morgan fingerprint density at radius 3 is 2.39 bits per heavy atom. The first-order valence-electron chi connectivity index (χ1n) is 10.3. The lowest BCUT2D eigenvalue weighted by atomic mass is 10.2. The number of nitrogens with one attached hydrogen (secondary N) is 1. The fraction of sp³-hybridized carbons (Fsp3) is 0.409. The van der Waals surface area contributed by atoms with Gasteiger partial charge in [-0.25, -0.2) is 8.42 Å².